The number of nitrogen functional groups attached to an aromatic ring is 1. The predicted molar refractivity (Wildman–Crippen MR) is 69.8 cm³/mol. The molecule has 0 aliphatic carbocycles. The standard InChI is InChI=1S/C12H21N5/c1-2-17-5-3-10(4-6-17)7-14-12-15-8-11(13)9-16-12/h8-10H,2-7,13H2,1H3,(H,14,15,16). The van der Waals surface area contributed by atoms with E-state index in [0.717, 1.165) is 12.5 Å². The van der Waals surface area contributed by atoms with Crippen molar-refractivity contribution >= 4 is 11.6 Å². The van der Waals surface area contributed by atoms with Crippen molar-refractivity contribution in [3.05, 3.63) is 12.4 Å². The van der Waals surface area contributed by atoms with Gasteiger partial charge in [0.15, 0.2) is 0 Å². The molecule has 5 nitrogen and oxygen atoms in total. The summed E-state index contributed by atoms with van der Waals surface area (Å²) in [6.07, 6.45) is 5.79. The lowest BCUT2D eigenvalue weighted by atomic mass is 9.97. The van der Waals surface area contributed by atoms with Crippen molar-refractivity contribution in [1.29, 1.82) is 0 Å². The van der Waals surface area contributed by atoms with Crippen LogP contribution >= 0.6 is 0 Å². The number of hydrogen-bond donors (Lipinski definition) is 2. The SMILES string of the molecule is CCN1CCC(CNc2ncc(N)cn2)CC1. The molecule has 0 spiro atoms. The van der Waals surface area contributed by atoms with Gasteiger partial charge in [-0.15, -0.1) is 0 Å². The maximum atomic E-state index is 5.54. The molecule has 0 aromatic carbocycles. The number of likely N-dealkylation sites (tertiary alicyclic amines) is 1. The maximum Gasteiger partial charge on any atom is 0.222 e. The minimum atomic E-state index is 0.604. The summed E-state index contributed by atoms with van der Waals surface area (Å²) in [5, 5.41) is 3.28. The van der Waals surface area contributed by atoms with E-state index in [9.17, 15) is 0 Å². The van der Waals surface area contributed by atoms with Crippen molar-refractivity contribution in [1.82, 2.24) is 14.9 Å². The van der Waals surface area contributed by atoms with Crippen molar-refractivity contribution < 1.29 is 0 Å². The van der Waals surface area contributed by atoms with Gasteiger partial charge in [-0.25, -0.2) is 9.97 Å². The molecule has 1 fully saturated rings. The van der Waals surface area contributed by atoms with Gasteiger partial charge in [-0.1, -0.05) is 6.92 Å². The maximum absolute atomic E-state index is 5.54. The van der Waals surface area contributed by atoms with Crippen LogP contribution in [-0.2, 0) is 0 Å². The Morgan fingerprint density at radius 1 is 1.35 bits per heavy atom. The smallest absolute Gasteiger partial charge is 0.222 e. The molecule has 0 atom stereocenters. The molecule has 17 heavy (non-hydrogen) atoms. The van der Waals surface area contributed by atoms with Crippen molar-refractivity contribution in [2.24, 2.45) is 5.92 Å². The number of piperidine rings is 1. The number of nitrogens with two attached hydrogens (primary N) is 1. The first kappa shape index (κ1) is 12.1. The van der Waals surface area contributed by atoms with Crippen molar-refractivity contribution in [3.8, 4) is 0 Å². The Hall–Kier alpha value is -1.36. The monoisotopic (exact) mass is 235 g/mol. The van der Waals surface area contributed by atoms with E-state index in [2.05, 4.69) is 27.1 Å². The second kappa shape index (κ2) is 5.82. The minimum Gasteiger partial charge on any atom is -0.396 e. The summed E-state index contributed by atoms with van der Waals surface area (Å²) in [6.45, 7) is 6.78. The number of nitrogens with one attached hydrogen (secondary N) is 1. The molecular formula is C12H21N5. The van der Waals surface area contributed by atoms with Gasteiger partial charge < -0.3 is 16.0 Å². The Bertz CT molecular complexity index is 329. The average Bonchev–Trinajstić information content (AvgIpc) is 2.39. The number of hydrogen-bond acceptors (Lipinski definition) is 5. The summed E-state index contributed by atoms with van der Waals surface area (Å²) in [5.41, 5.74) is 6.14. The molecular weight excluding hydrogens is 214 g/mol. The number of rotatable bonds is 4. The largest absolute Gasteiger partial charge is 0.396 e. The van der Waals surface area contributed by atoms with E-state index in [4.69, 9.17) is 5.73 Å². The third-order valence-electron chi connectivity index (χ3n) is 3.38. The van der Waals surface area contributed by atoms with Gasteiger partial charge in [0, 0.05) is 6.54 Å². The van der Waals surface area contributed by atoms with Crippen LogP contribution in [0.5, 0.6) is 0 Å². The van der Waals surface area contributed by atoms with Crippen LogP contribution in [0.3, 0.4) is 0 Å². The minimum absolute atomic E-state index is 0.604. The van der Waals surface area contributed by atoms with Gasteiger partial charge in [-0.3, -0.25) is 0 Å². The zero-order valence-corrected chi connectivity index (χ0v) is 10.4. The van der Waals surface area contributed by atoms with E-state index in [1.54, 1.807) is 12.4 Å². The average molecular weight is 235 g/mol. The van der Waals surface area contributed by atoms with Gasteiger partial charge in [0.25, 0.3) is 0 Å². The molecule has 3 N–H and O–H groups in total. The summed E-state index contributed by atoms with van der Waals surface area (Å²) < 4.78 is 0. The van der Waals surface area contributed by atoms with Crippen LogP contribution in [0.15, 0.2) is 12.4 Å². The van der Waals surface area contributed by atoms with Crippen LogP contribution in [0.4, 0.5) is 11.6 Å². The molecule has 5 heteroatoms. The second-order valence-electron chi connectivity index (χ2n) is 4.60. The topological polar surface area (TPSA) is 67.1 Å². The highest BCUT2D eigenvalue weighted by Crippen LogP contribution is 2.17. The van der Waals surface area contributed by atoms with Gasteiger partial charge in [0.05, 0.1) is 18.1 Å². The van der Waals surface area contributed by atoms with E-state index in [1.807, 2.05) is 0 Å². The highest BCUT2D eigenvalue weighted by atomic mass is 15.1. The molecule has 0 amide bonds. The molecule has 2 heterocycles. The lowest BCUT2D eigenvalue weighted by Crippen LogP contribution is -2.35. The first-order chi connectivity index (χ1) is 8.28. The molecule has 1 aliphatic rings. The fraction of sp³-hybridized carbons (Fsp3) is 0.667. The normalized spacial score (nSPS) is 18.2. The van der Waals surface area contributed by atoms with E-state index >= 15 is 0 Å². The van der Waals surface area contributed by atoms with E-state index in [0.29, 0.717) is 11.6 Å². The molecule has 0 radical (unpaired) electrons. The molecule has 2 rings (SSSR count). The molecule has 0 bridgehead atoms. The van der Waals surface area contributed by atoms with Crippen molar-refractivity contribution in [2.45, 2.75) is 19.8 Å². The lowest BCUT2D eigenvalue weighted by Gasteiger charge is -2.30. The van der Waals surface area contributed by atoms with Crippen LogP contribution in [0, 0.1) is 5.92 Å². The van der Waals surface area contributed by atoms with E-state index < -0.39 is 0 Å². The Labute approximate surface area is 102 Å². The first-order valence-corrected chi connectivity index (χ1v) is 6.31. The van der Waals surface area contributed by atoms with E-state index in [-0.39, 0.29) is 0 Å². The van der Waals surface area contributed by atoms with Gasteiger partial charge in [0.1, 0.15) is 0 Å². The van der Waals surface area contributed by atoms with Gasteiger partial charge in [0.2, 0.25) is 5.95 Å². The van der Waals surface area contributed by atoms with Crippen molar-refractivity contribution in [2.75, 3.05) is 37.2 Å². The Kier molecular flexibility index (Phi) is 4.14. The quantitative estimate of drug-likeness (QED) is 0.821. The fourth-order valence-corrected chi connectivity index (χ4v) is 2.17. The summed E-state index contributed by atoms with van der Waals surface area (Å²) in [7, 11) is 0. The molecule has 1 aromatic heterocycles. The van der Waals surface area contributed by atoms with Crippen LogP contribution in [-0.4, -0.2) is 41.0 Å². The Morgan fingerprint density at radius 3 is 2.59 bits per heavy atom. The summed E-state index contributed by atoms with van der Waals surface area (Å²) in [4.78, 5) is 10.8. The second-order valence-corrected chi connectivity index (χ2v) is 4.60. The third-order valence-corrected chi connectivity index (χ3v) is 3.38. The molecule has 94 valence electrons. The summed E-state index contributed by atoms with van der Waals surface area (Å²) in [6, 6.07) is 0. The van der Waals surface area contributed by atoms with Crippen LogP contribution < -0.4 is 11.1 Å². The Balaban J connectivity index is 1.74. The summed E-state index contributed by atoms with van der Waals surface area (Å²) in [5.74, 6) is 1.41. The van der Waals surface area contributed by atoms with E-state index in [1.165, 1.54) is 32.5 Å². The zero-order valence-electron chi connectivity index (χ0n) is 10.4. The third kappa shape index (κ3) is 3.56. The highest BCUT2D eigenvalue weighted by Gasteiger charge is 2.17. The molecule has 0 saturated carbocycles. The van der Waals surface area contributed by atoms with Gasteiger partial charge in [-0.05, 0) is 38.4 Å². The number of anilines is 2. The van der Waals surface area contributed by atoms with Crippen LogP contribution in [0.1, 0.15) is 19.8 Å². The number of nitrogens with zero attached hydrogens (tertiary/aromatic N) is 3. The zero-order chi connectivity index (χ0) is 12.1. The van der Waals surface area contributed by atoms with Crippen LogP contribution in [0.2, 0.25) is 0 Å². The Morgan fingerprint density at radius 2 is 2.00 bits per heavy atom. The summed E-state index contributed by atoms with van der Waals surface area (Å²) >= 11 is 0. The predicted octanol–water partition coefficient (Wildman–Crippen LogP) is 1.20. The molecule has 1 saturated heterocycles. The number of aromatic nitrogens is 2. The molecule has 1 aromatic rings. The fourth-order valence-electron chi connectivity index (χ4n) is 2.17. The van der Waals surface area contributed by atoms with Gasteiger partial charge in [-0.2, -0.15) is 0 Å². The highest BCUT2D eigenvalue weighted by molar-refractivity contribution is 5.35. The molecule has 0 unspecified atom stereocenters. The lowest BCUT2D eigenvalue weighted by molar-refractivity contribution is 0.198. The van der Waals surface area contributed by atoms with Crippen LogP contribution in [0.25, 0.3) is 0 Å². The molecule has 1 aliphatic heterocycles. The van der Waals surface area contributed by atoms with Crippen molar-refractivity contribution in [3.63, 3.8) is 0 Å². The first-order valence-electron chi connectivity index (χ1n) is 6.31. The van der Waals surface area contributed by atoms with Gasteiger partial charge >= 0.3 is 0 Å².